The van der Waals surface area contributed by atoms with E-state index in [1.165, 1.54) is 18.9 Å². The van der Waals surface area contributed by atoms with Gasteiger partial charge in [-0.1, -0.05) is 32.1 Å². The fourth-order valence-corrected chi connectivity index (χ4v) is 3.35. The number of aliphatic hydroxyl groups is 1. The number of halogens is 1. The summed E-state index contributed by atoms with van der Waals surface area (Å²) in [5.74, 6) is -0.00607. The summed E-state index contributed by atoms with van der Waals surface area (Å²) in [7, 11) is 1.52. The number of rotatable bonds is 4. The SMILES string of the molecule is COc1cc(-c2ccc(CO)cc2C2=CCCC2(C)C)c(F)cn1. The zero-order valence-electron chi connectivity index (χ0n) is 14.3. The van der Waals surface area contributed by atoms with Crippen LogP contribution < -0.4 is 4.74 Å². The Morgan fingerprint density at radius 2 is 2.00 bits per heavy atom. The molecule has 24 heavy (non-hydrogen) atoms. The van der Waals surface area contributed by atoms with Crippen molar-refractivity contribution < 1.29 is 14.2 Å². The Bertz CT molecular complexity index is 796. The van der Waals surface area contributed by atoms with Crippen molar-refractivity contribution in [1.29, 1.82) is 0 Å². The van der Waals surface area contributed by atoms with Gasteiger partial charge in [0, 0.05) is 11.6 Å². The number of allylic oxidation sites excluding steroid dienone is 2. The summed E-state index contributed by atoms with van der Waals surface area (Å²) in [6.45, 7) is 4.36. The summed E-state index contributed by atoms with van der Waals surface area (Å²) in [6, 6.07) is 7.28. The standard InChI is InChI=1S/C20H22FNO2/c1-20(2)8-4-5-17(20)15-9-13(12-23)6-7-14(15)16-10-19(24-3)22-11-18(16)21/h5-7,9-11,23H,4,8,12H2,1-3H3. The van der Waals surface area contributed by atoms with Gasteiger partial charge in [0.15, 0.2) is 0 Å². The van der Waals surface area contributed by atoms with Gasteiger partial charge in [-0.05, 0) is 46.6 Å². The zero-order chi connectivity index (χ0) is 17.3. The van der Waals surface area contributed by atoms with Gasteiger partial charge in [0.25, 0.3) is 0 Å². The summed E-state index contributed by atoms with van der Waals surface area (Å²) in [6.07, 6.45) is 5.48. The highest BCUT2D eigenvalue weighted by Gasteiger charge is 2.30. The van der Waals surface area contributed by atoms with Crippen LogP contribution in [0.3, 0.4) is 0 Å². The predicted octanol–water partition coefficient (Wildman–Crippen LogP) is 4.59. The van der Waals surface area contributed by atoms with Crippen LogP contribution in [0.1, 0.15) is 37.8 Å². The van der Waals surface area contributed by atoms with Crippen molar-refractivity contribution in [2.75, 3.05) is 7.11 Å². The molecule has 0 atom stereocenters. The van der Waals surface area contributed by atoms with E-state index in [0.717, 1.165) is 29.5 Å². The first-order valence-corrected chi connectivity index (χ1v) is 8.11. The lowest BCUT2D eigenvalue weighted by atomic mass is 9.79. The van der Waals surface area contributed by atoms with Crippen LogP contribution in [0.15, 0.2) is 36.5 Å². The maximum Gasteiger partial charge on any atom is 0.213 e. The Kier molecular flexibility index (Phi) is 4.41. The zero-order valence-corrected chi connectivity index (χ0v) is 14.3. The van der Waals surface area contributed by atoms with Gasteiger partial charge >= 0.3 is 0 Å². The number of pyridine rings is 1. The van der Waals surface area contributed by atoms with Crippen molar-refractivity contribution in [2.24, 2.45) is 5.41 Å². The van der Waals surface area contributed by atoms with Crippen LogP contribution in [0.5, 0.6) is 5.88 Å². The molecule has 1 aromatic heterocycles. The lowest BCUT2D eigenvalue weighted by Crippen LogP contribution is -2.10. The topological polar surface area (TPSA) is 42.4 Å². The van der Waals surface area contributed by atoms with E-state index in [4.69, 9.17) is 4.74 Å². The number of hydrogen-bond acceptors (Lipinski definition) is 3. The van der Waals surface area contributed by atoms with Crippen molar-refractivity contribution in [2.45, 2.75) is 33.3 Å². The second-order valence-corrected chi connectivity index (χ2v) is 6.78. The van der Waals surface area contributed by atoms with Crippen LogP contribution in [0.4, 0.5) is 4.39 Å². The summed E-state index contributed by atoms with van der Waals surface area (Å²) >= 11 is 0. The molecule has 0 amide bonds. The van der Waals surface area contributed by atoms with Crippen molar-refractivity contribution in [3.8, 4) is 17.0 Å². The lowest BCUT2D eigenvalue weighted by Gasteiger charge is -2.25. The molecule has 2 aromatic rings. The number of benzene rings is 1. The highest BCUT2D eigenvalue weighted by molar-refractivity contribution is 5.85. The fourth-order valence-electron chi connectivity index (χ4n) is 3.35. The van der Waals surface area contributed by atoms with Crippen molar-refractivity contribution in [3.63, 3.8) is 0 Å². The minimum Gasteiger partial charge on any atom is -0.481 e. The Labute approximate surface area is 141 Å². The van der Waals surface area contributed by atoms with Crippen LogP contribution in [-0.2, 0) is 6.61 Å². The lowest BCUT2D eigenvalue weighted by molar-refractivity contribution is 0.282. The highest BCUT2D eigenvalue weighted by Crippen LogP contribution is 2.47. The molecule has 1 aliphatic rings. The molecule has 0 aliphatic heterocycles. The first kappa shape index (κ1) is 16.7. The van der Waals surface area contributed by atoms with E-state index in [1.54, 1.807) is 6.07 Å². The molecule has 0 fully saturated rings. The number of methoxy groups -OCH3 is 1. The number of aliphatic hydroxyl groups excluding tert-OH is 1. The molecule has 3 nitrogen and oxygen atoms in total. The van der Waals surface area contributed by atoms with Gasteiger partial charge < -0.3 is 9.84 Å². The molecular weight excluding hydrogens is 305 g/mol. The number of hydrogen-bond donors (Lipinski definition) is 1. The molecule has 0 unspecified atom stereocenters. The van der Waals surface area contributed by atoms with Crippen molar-refractivity contribution in [3.05, 3.63) is 53.5 Å². The second-order valence-electron chi connectivity index (χ2n) is 6.78. The van der Waals surface area contributed by atoms with E-state index in [-0.39, 0.29) is 17.8 Å². The molecule has 0 saturated carbocycles. The van der Waals surface area contributed by atoms with Crippen LogP contribution in [-0.4, -0.2) is 17.2 Å². The fraction of sp³-hybridized carbons (Fsp3) is 0.350. The Morgan fingerprint density at radius 1 is 1.21 bits per heavy atom. The Hall–Kier alpha value is -2.20. The Morgan fingerprint density at radius 3 is 2.62 bits per heavy atom. The smallest absolute Gasteiger partial charge is 0.213 e. The van der Waals surface area contributed by atoms with Crippen molar-refractivity contribution >= 4 is 5.57 Å². The average molecular weight is 327 g/mol. The molecule has 0 saturated heterocycles. The van der Waals surface area contributed by atoms with Gasteiger partial charge in [-0.15, -0.1) is 0 Å². The van der Waals surface area contributed by atoms with Crippen LogP contribution >= 0.6 is 0 Å². The van der Waals surface area contributed by atoms with E-state index in [2.05, 4.69) is 24.9 Å². The van der Waals surface area contributed by atoms with Gasteiger partial charge in [0.1, 0.15) is 5.82 Å². The molecule has 1 N–H and O–H groups in total. The monoisotopic (exact) mass is 327 g/mol. The number of nitrogens with zero attached hydrogens (tertiary/aromatic N) is 1. The van der Waals surface area contributed by atoms with Crippen molar-refractivity contribution in [1.82, 2.24) is 4.98 Å². The number of aromatic nitrogens is 1. The van der Waals surface area contributed by atoms with Gasteiger partial charge in [-0.2, -0.15) is 0 Å². The third kappa shape index (κ3) is 2.94. The Balaban J connectivity index is 2.22. The quantitative estimate of drug-likeness (QED) is 0.893. The largest absolute Gasteiger partial charge is 0.481 e. The molecule has 3 rings (SSSR count). The highest BCUT2D eigenvalue weighted by atomic mass is 19.1. The molecule has 1 heterocycles. The second kappa shape index (κ2) is 6.36. The molecule has 1 aromatic carbocycles. The average Bonchev–Trinajstić information content (AvgIpc) is 2.94. The minimum absolute atomic E-state index is 0.0242. The normalized spacial score (nSPS) is 16.1. The summed E-state index contributed by atoms with van der Waals surface area (Å²) in [4.78, 5) is 3.92. The van der Waals surface area contributed by atoms with E-state index in [1.807, 2.05) is 18.2 Å². The van der Waals surface area contributed by atoms with Gasteiger partial charge in [-0.3, -0.25) is 0 Å². The molecule has 0 spiro atoms. The molecule has 0 bridgehead atoms. The van der Waals surface area contributed by atoms with E-state index in [0.29, 0.717) is 11.4 Å². The van der Waals surface area contributed by atoms with E-state index < -0.39 is 0 Å². The van der Waals surface area contributed by atoms with Gasteiger partial charge in [-0.25, -0.2) is 9.37 Å². The molecule has 126 valence electrons. The third-order valence-corrected chi connectivity index (χ3v) is 4.73. The van der Waals surface area contributed by atoms with E-state index >= 15 is 0 Å². The third-order valence-electron chi connectivity index (χ3n) is 4.73. The summed E-state index contributed by atoms with van der Waals surface area (Å²) < 4.78 is 19.6. The predicted molar refractivity (Wildman–Crippen MR) is 93.1 cm³/mol. The minimum atomic E-state index is -0.384. The summed E-state index contributed by atoms with van der Waals surface area (Å²) in [5.41, 5.74) is 4.27. The maximum absolute atomic E-state index is 14.4. The van der Waals surface area contributed by atoms with E-state index in [9.17, 15) is 9.50 Å². The molecule has 4 heteroatoms. The van der Waals surface area contributed by atoms with Crippen LogP contribution in [0.25, 0.3) is 16.7 Å². The summed E-state index contributed by atoms with van der Waals surface area (Å²) in [5, 5.41) is 9.51. The van der Waals surface area contributed by atoms with Gasteiger partial charge in [0.2, 0.25) is 5.88 Å². The first-order valence-electron chi connectivity index (χ1n) is 8.11. The van der Waals surface area contributed by atoms with Gasteiger partial charge in [0.05, 0.1) is 19.9 Å². The first-order chi connectivity index (χ1) is 11.5. The molecular formula is C20H22FNO2. The number of ether oxygens (including phenoxy) is 1. The molecule has 1 aliphatic carbocycles. The maximum atomic E-state index is 14.4. The van der Waals surface area contributed by atoms with Crippen LogP contribution in [0.2, 0.25) is 0 Å². The molecule has 0 radical (unpaired) electrons. The van der Waals surface area contributed by atoms with Crippen LogP contribution in [0, 0.1) is 11.2 Å².